The standard InChI is InChI=1S/C15H20O/c1-2-11-15(12-7-6-10-14(15)16)13-8-4-3-5-9-13/h3-5,8-9H,2,6-7,10-12H2,1H3. The van der Waals surface area contributed by atoms with E-state index < -0.39 is 0 Å². The highest BCUT2D eigenvalue weighted by atomic mass is 16.1. The molecule has 1 heteroatoms. The van der Waals surface area contributed by atoms with Gasteiger partial charge in [0.1, 0.15) is 5.78 Å². The molecule has 1 aliphatic rings. The van der Waals surface area contributed by atoms with E-state index in [1.165, 1.54) is 12.0 Å². The molecule has 1 aliphatic carbocycles. The molecule has 0 N–H and O–H groups in total. The average molecular weight is 216 g/mol. The zero-order valence-electron chi connectivity index (χ0n) is 10.0. The van der Waals surface area contributed by atoms with E-state index in [1.54, 1.807) is 0 Å². The second-order valence-corrected chi connectivity index (χ2v) is 4.83. The molecule has 0 radical (unpaired) electrons. The molecule has 1 saturated carbocycles. The molecule has 0 aliphatic heterocycles. The van der Waals surface area contributed by atoms with Crippen molar-refractivity contribution in [3.63, 3.8) is 0 Å². The van der Waals surface area contributed by atoms with Gasteiger partial charge < -0.3 is 0 Å². The molecule has 2 rings (SSSR count). The van der Waals surface area contributed by atoms with Crippen LogP contribution in [-0.2, 0) is 10.2 Å². The van der Waals surface area contributed by atoms with Crippen molar-refractivity contribution in [3.8, 4) is 0 Å². The lowest BCUT2D eigenvalue weighted by Crippen LogP contribution is -2.38. The quantitative estimate of drug-likeness (QED) is 0.749. The fourth-order valence-electron chi connectivity index (χ4n) is 2.99. The largest absolute Gasteiger partial charge is 0.299 e. The number of carbonyl (C=O) groups is 1. The number of rotatable bonds is 3. The fourth-order valence-corrected chi connectivity index (χ4v) is 2.99. The minimum Gasteiger partial charge on any atom is -0.299 e. The molecule has 1 aromatic carbocycles. The SMILES string of the molecule is CCCC1(c2ccccc2)CCCCC1=O. The first-order chi connectivity index (χ1) is 7.79. The first-order valence-electron chi connectivity index (χ1n) is 6.38. The Morgan fingerprint density at radius 3 is 2.56 bits per heavy atom. The Labute approximate surface area is 97.9 Å². The van der Waals surface area contributed by atoms with Gasteiger partial charge in [0.2, 0.25) is 0 Å². The minimum absolute atomic E-state index is 0.158. The number of ketones is 1. The van der Waals surface area contributed by atoms with Gasteiger partial charge in [0.05, 0.1) is 5.41 Å². The van der Waals surface area contributed by atoms with Crippen molar-refractivity contribution in [1.82, 2.24) is 0 Å². The second kappa shape index (κ2) is 4.82. The molecule has 0 heterocycles. The smallest absolute Gasteiger partial charge is 0.143 e. The Morgan fingerprint density at radius 2 is 1.94 bits per heavy atom. The number of Topliss-reactive ketones (excluding diaryl/α,β-unsaturated/α-hetero) is 1. The van der Waals surface area contributed by atoms with E-state index in [0.717, 1.165) is 32.1 Å². The summed E-state index contributed by atoms with van der Waals surface area (Å²) in [5.74, 6) is 0.465. The molecule has 0 amide bonds. The van der Waals surface area contributed by atoms with Crippen LogP contribution in [0.2, 0.25) is 0 Å². The highest BCUT2D eigenvalue weighted by Gasteiger charge is 2.39. The predicted octanol–water partition coefficient (Wildman–Crippen LogP) is 3.87. The Balaban J connectivity index is 2.38. The lowest BCUT2D eigenvalue weighted by molar-refractivity contribution is -0.126. The molecule has 1 atom stereocenters. The Bertz CT molecular complexity index is 351. The molecule has 86 valence electrons. The molecule has 0 spiro atoms. The highest BCUT2D eigenvalue weighted by Crippen LogP contribution is 2.40. The lowest BCUT2D eigenvalue weighted by atomic mass is 9.66. The number of carbonyl (C=O) groups excluding carboxylic acids is 1. The number of benzene rings is 1. The van der Waals surface area contributed by atoms with Crippen LogP contribution in [0.15, 0.2) is 30.3 Å². The van der Waals surface area contributed by atoms with E-state index in [4.69, 9.17) is 0 Å². The van der Waals surface area contributed by atoms with E-state index in [0.29, 0.717) is 5.78 Å². The average Bonchev–Trinajstić information content (AvgIpc) is 2.34. The molecule has 16 heavy (non-hydrogen) atoms. The van der Waals surface area contributed by atoms with Crippen molar-refractivity contribution in [2.45, 2.75) is 50.9 Å². The van der Waals surface area contributed by atoms with Crippen LogP contribution in [0, 0.1) is 0 Å². The summed E-state index contributed by atoms with van der Waals surface area (Å²) in [5, 5.41) is 0. The van der Waals surface area contributed by atoms with Crippen LogP contribution in [0.1, 0.15) is 51.0 Å². The summed E-state index contributed by atoms with van der Waals surface area (Å²) in [5.41, 5.74) is 1.08. The van der Waals surface area contributed by atoms with E-state index in [2.05, 4.69) is 31.2 Å². The summed E-state index contributed by atoms with van der Waals surface area (Å²) in [6.07, 6.45) is 6.19. The number of hydrogen-bond donors (Lipinski definition) is 0. The topological polar surface area (TPSA) is 17.1 Å². The van der Waals surface area contributed by atoms with Gasteiger partial charge in [0.25, 0.3) is 0 Å². The van der Waals surface area contributed by atoms with Gasteiger partial charge in [-0.25, -0.2) is 0 Å². The van der Waals surface area contributed by atoms with Gasteiger partial charge >= 0.3 is 0 Å². The summed E-state index contributed by atoms with van der Waals surface area (Å²) >= 11 is 0. The van der Waals surface area contributed by atoms with Crippen molar-refractivity contribution >= 4 is 5.78 Å². The maximum Gasteiger partial charge on any atom is 0.143 e. The van der Waals surface area contributed by atoms with Crippen LogP contribution in [0.25, 0.3) is 0 Å². The van der Waals surface area contributed by atoms with Gasteiger partial charge in [-0.3, -0.25) is 4.79 Å². The third-order valence-corrected chi connectivity index (χ3v) is 3.79. The molecule has 0 saturated heterocycles. The molecule has 1 nitrogen and oxygen atoms in total. The molecular formula is C15H20O. The first-order valence-corrected chi connectivity index (χ1v) is 6.38. The Morgan fingerprint density at radius 1 is 1.19 bits per heavy atom. The van der Waals surface area contributed by atoms with Crippen LogP contribution in [-0.4, -0.2) is 5.78 Å². The summed E-state index contributed by atoms with van der Waals surface area (Å²) in [6.45, 7) is 2.17. The van der Waals surface area contributed by atoms with Gasteiger partial charge in [-0.15, -0.1) is 0 Å². The van der Waals surface area contributed by atoms with Gasteiger partial charge in [-0.05, 0) is 24.8 Å². The molecule has 1 unspecified atom stereocenters. The van der Waals surface area contributed by atoms with Crippen molar-refractivity contribution < 1.29 is 4.79 Å². The normalized spacial score (nSPS) is 25.7. The molecule has 1 aromatic rings. The van der Waals surface area contributed by atoms with E-state index in [-0.39, 0.29) is 5.41 Å². The maximum absolute atomic E-state index is 12.3. The van der Waals surface area contributed by atoms with Crippen molar-refractivity contribution in [3.05, 3.63) is 35.9 Å². The summed E-state index contributed by atoms with van der Waals surface area (Å²) in [6, 6.07) is 10.4. The van der Waals surface area contributed by atoms with Crippen molar-refractivity contribution in [2.75, 3.05) is 0 Å². The number of hydrogen-bond acceptors (Lipinski definition) is 1. The van der Waals surface area contributed by atoms with E-state index in [1.807, 2.05) is 6.07 Å². The zero-order chi connectivity index (χ0) is 11.4. The molecule has 0 aromatic heterocycles. The zero-order valence-corrected chi connectivity index (χ0v) is 10.0. The van der Waals surface area contributed by atoms with Crippen LogP contribution in [0.5, 0.6) is 0 Å². The minimum atomic E-state index is -0.158. The Hall–Kier alpha value is -1.11. The molecule has 1 fully saturated rings. The second-order valence-electron chi connectivity index (χ2n) is 4.83. The van der Waals surface area contributed by atoms with Crippen LogP contribution in [0.4, 0.5) is 0 Å². The van der Waals surface area contributed by atoms with Crippen LogP contribution in [0.3, 0.4) is 0 Å². The predicted molar refractivity (Wildman–Crippen MR) is 66.5 cm³/mol. The highest BCUT2D eigenvalue weighted by molar-refractivity contribution is 5.90. The van der Waals surface area contributed by atoms with Crippen LogP contribution >= 0.6 is 0 Å². The van der Waals surface area contributed by atoms with Gasteiger partial charge in [0.15, 0.2) is 0 Å². The van der Waals surface area contributed by atoms with Gasteiger partial charge in [-0.1, -0.05) is 50.1 Å². The third-order valence-electron chi connectivity index (χ3n) is 3.79. The van der Waals surface area contributed by atoms with Gasteiger partial charge in [0, 0.05) is 6.42 Å². The molecule has 0 bridgehead atoms. The summed E-state index contributed by atoms with van der Waals surface area (Å²) < 4.78 is 0. The van der Waals surface area contributed by atoms with Crippen molar-refractivity contribution in [1.29, 1.82) is 0 Å². The summed E-state index contributed by atoms with van der Waals surface area (Å²) in [4.78, 5) is 12.3. The fraction of sp³-hybridized carbons (Fsp3) is 0.533. The van der Waals surface area contributed by atoms with Gasteiger partial charge in [-0.2, -0.15) is 0 Å². The van der Waals surface area contributed by atoms with E-state index >= 15 is 0 Å². The Kier molecular flexibility index (Phi) is 3.42. The third kappa shape index (κ3) is 1.91. The van der Waals surface area contributed by atoms with E-state index in [9.17, 15) is 4.79 Å². The lowest BCUT2D eigenvalue weighted by Gasteiger charge is -2.36. The van der Waals surface area contributed by atoms with Crippen molar-refractivity contribution in [2.24, 2.45) is 0 Å². The maximum atomic E-state index is 12.3. The monoisotopic (exact) mass is 216 g/mol. The van der Waals surface area contributed by atoms with Crippen LogP contribution < -0.4 is 0 Å². The first kappa shape index (κ1) is 11.4. The molecular weight excluding hydrogens is 196 g/mol. The summed E-state index contributed by atoms with van der Waals surface area (Å²) in [7, 11) is 0.